The van der Waals surface area contributed by atoms with E-state index in [2.05, 4.69) is 17.5 Å². The first-order valence-corrected chi connectivity index (χ1v) is 8.53. The Bertz CT molecular complexity index is 556. The smallest absolute Gasteiger partial charge is 0.226 e. The molecule has 1 fully saturated rings. The van der Waals surface area contributed by atoms with Gasteiger partial charge in [0.05, 0.1) is 6.42 Å². The Hall–Kier alpha value is -1.61. The van der Waals surface area contributed by atoms with Crippen LogP contribution in [0.4, 0.5) is 0 Å². The lowest BCUT2D eigenvalue weighted by Crippen LogP contribution is -2.39. The highest BCUT2D eigenvalue weighted by Gasteiger charge is 2.23. The van der Waals surface area contributed by atoms with Gasteiger partial charge in [-0.05, 0) is 42.2 Å². The zero-order valence-corrected chi connectivity index (χ0v) is 13.0. The summed E-state index contributed by atoms with van der Waals surface area (Å²) in [5, 5.41) is 2.15. The van der Waals surface area contributed by atoms with Gasteiger partial charge in [0.15, 0.2) is 0 Å². The number of carbonyl (C=O) groups is 1. The number of hydrogen-bond donors (Lipinski definition) is 0. The van der Waals surface area contributed by atoms with E-state index in [1.54, 1.807) is 0 Å². The van der Waals surface area contributed by atoms with E-state index in [1.807, 2.05) is 46.6 Å². The maximum atomic E-state index is 12.3. The number of carbonyl (C=O) groups excluding carboxylic acids is 1. The van der Waals surface area contributed by atoms with Crippen LogP contribution in [0.3, 0.4) is 0 Å². The minimum absolute atomic E-state index is 0.274. The zero-order valence-electron chi connectivity index (χ0n) is 12.2. The molecule has 0 spiro atoms. The third-order valence-corrected chi connectivity index (χ3v) is 5.13. The number of likely N-dealkylation sites (tertiary alicyclic amines) is 1. The van der Waals surface area contributed by atoms with Gasteiger partial charge in [-0.1, -0.05) is 36.4 Å². The zero-order chi connectivity index (χ0) is 14.5. The van der Waals surface area contributed by atoms with Crippen molar-refractivity contribution in [1.82, 2.24) is 4.90 Å². The van der Waals surface area contributed by atoms with Crippen molar-refractivity contribution in [3.05, 3.63) is 58.3 Å². The van der Waals surface area contributed by atoms with Crippen LogP contribution in [0.25, 0.3) is 0 Å². The van der Waals surface area contributed by atoms with E-state index in [0.717, 1.165) is 37.4 Å². The monoisotopic (exact) mass is 299 g/mol. The fourth-order valence-electron chi connectivity index (χ4n) is 2.98. The van der Waals surface area contributed by atoms with Gasteiger partial charge in [-0.15, -0.1) is 11.3 Å². The molecule has 2 heterocycles. The molecule has 1 amide bonds. The number of rotatable bonds is 4. The number of nitrogens with zero attached hydrogens (tertiary/aromatic N) is 1. The van der Waals surface area contributed by atoms with Gasteiger partial charge in [0.2, 0.25) is 5.91 Å². The minimum Gasteiger partial charge on any atom is -0.342 e. The van der Waals surface area contributed by atoms with Crippen molar-refractivity contribution in [2.75, 3.05) is 13.1 Å². The lowest BCUT2D eigenvalue weighted by atomic mass is 9.92. The molecule has 1 aromatic heterocycles. The van der Waals surface area contributed by atoms with E-state index in [0.29, 0.717) is 6.42 Å². The van der Waals surface area contributed by atoms with Crippen molar-refractivity contribution in [1.29, 1.82) is 0 Å². The molecule has 0 bridgehead atoms. The standard InChI is InChI=1S/C18H21NOS/c20-18(14-15-5-2-1-3-6-15)19-10-8-16(9-11-19)13-17-7-4-12-21-17/h1-7,12,16H,8-11,13-14H2. The topological polar surface area (TPSA) is 20.3 Å². The molecule has 0 N–H and O–H groups in total. The molecule has 3 heteroatoms. The lowest BCUT2D eigenvalue weighted by molar-refractivity contribution is -0.131. The highest BCUT2D eigenvalue weighted by Crippen LogP contribution is 2.24. The largest absolute Gasteiger partial charge is 0.342 e. The molecule has 0 aliphatic carbocycles. The average molecular weight is 299 g/mol. The molecule has 0 atom stereocenters. The van der Waals surface area contributed by atoms with E-state index in [9.17, 15) is 4.79 Å². The van der Waals surface area contributed by atoms with Gasteiger partial charge in [-0.25, -0.2) is 0 Å². The Morgan fingerprint density at radius 1 is 1.10 bits per heavy atom. The van der Waals surface area contributed by atoms with E-state index in [4.69, 9.17) is 0 Å². The first-order valence-electron chi connectivity index (χ1n) is 7.65. The van der Waals surface area contributed by atoms with Crippen LogP contribution in [0, 0.1) is 5.92 Å². The molecule has 0 radical (unpaired) electrons. The SMILES string of the molecule is O=C(Cc1ccccc1)N1CCC(Cc2cccs2)CC1. The lowest BCUT2D eigenvalue weighted by Gasteiger charge is -2.32. The second kappa shape index (κ2) is 6.90. The third-order valence-electron chi connectivity index (χ3n) is 4.24. The van der Waals surface area contributed by atoms with Crippen molar-refractivity contribution in [3.8, 4) is 0 Å². The summed E-state index contributed by atoms with van der Waals surface area (Å²) in [6.07, 6.45) is 3.99. The summed E-state index contributed by atoms with van der Waals surface area (Å²) in [6, 6.07) is 14.4. The molecule has 2 aromatic rings. The van der Waals surface area contributed by atoms with Crippen LogP contribution in [0.1, 0.15) is 23.3 Å². The number of benzene rings is 1. The van der Waals surface area contributed by atoms with E-state index in [-0.39, 0.29) is 5.91 Å². The summed E-state index contributed by atoms with van der Waals surface area (Å²) in [7, 11) is 0. The number of amides is 1. The van der Waals surface area contributed by atoms with Crippen LogP contribution in [0.2, 0.25) is 0 Å². The molecule has 0 unspecified atom stereocenters. The second-order valence-corrected chi connectivity index (χ2v) is 6.80. The maximum absolute atomic E-state index is 12.3. The fraction of sp³-hybridized carbons (Fsp3) is 0.389. The molecule has 1 aliphatic rings. The first kappa shape index (κ1) is 14.3. The number of thiophene rings is 1. The van der Waals surface area contributed by atoms with Crippen molar-refractivity contribution in [2.24, 2.45) is 5.92 Å². The van der Waals surface area contributed by atoms with Gasteiger partial charge >= 0.3 is 0 Å². The third kappa shape index (κ3) is 3.94. The quantitative estimate of drug-likeness (QED) is 0.841. The predicted octanol–water partition coefficient (Wildman–Crippen LogP) is 3.77. The Labute approximate surface area is 130 Å². The van der Waals surface area contributed by atoms with Gasteiger partial charge in [0.1, 0.15) is 0 Å². The van der Waals surface area contributed by atoms with Gasteiger partial charge in [-0.3, -0.25) is 4.79 Å². The Balaban J connectivity index is 1.48. The molecule has 1 saturated heterocycles. The molecular formula is C18H21NOS. The summed E-state index contributed by atoms with van der Waals surface area (Å²) in [4.78, 5) is 15.8. The van der Waals surface area contributed by atoms with E-state index in [1.165, 1.54) is 11.3 Å². The predicted molar refractivity (Wildman–Crippen MR) is 87.5 cm³/mol. The van der Waals surface area contributed by atoms with Crippen LogP contribution >= 0.6 is 11.3 Å². The van der Waals surface area contributed by atoms with Crippen LogP contribution < -0.4 is 0 Å². The van der Waals surface area contributed by atoms with Crippen LogP contribution in [0.5, 0.6) is 0 Å². The Morgan fingerprint density at radius 2 is 1.86 bits per heavy atom. The van der Waals surface area contributed by atoms with Crippen LogP contribution in [-0.4, -0.2) is 23.9 Å². The molecule has 1 aromatic carbocycles. The first-order chi connectivity index (χ1) is 10.3. The summed E-state index contributed by atoms with van der Waals surface area (Å²) in [5.41, 5.74) is 1.11. The maximum Gasteiger partial charge on any atom is 0.226 e. The van der Waals surface area contributed by atoms with Crippen molar-refractivity contribution < 1.29 is 4.79 Å². The average Bonchev–Trinajstić information content (AvgIpc) is 3.02. The van der Waals surface area contributed by atoms with Gasteiger partial charge in [0.25, 0.3) is 0 Å². The van der Waals surface area contributed by atoms with Gasteiger partial charge in [0, 0.05) is 18.0 Å². The van der Waals surface area contributed by atoms with E-state index >= 15 is 0 Å². The summed E-state index contributed by atoms with van der Waals surface area (Å²) >= 11 is 1.84. The highest BCUT2D eigenvalue weighted by molar-refractivity contribution is 7.09. The summed E-state index contributed by atoms with van der Waals surface area (Å²) in [6.45, 7) is 1.84. The molecule has 3 rings (SSSR count). The van der Waals surface area contributed by atoms with E-state index < -0.39 is 0 Å². The fourth-order valence-corrected chi connectivity index (χ4v) is 3.80. The van der Waals surface area contributed by atoms with Crippen molar-refractivity contribution in [3.63, 3.8) is 0 Å². The molecule has 0 saturated carbocycles. The minimum atomic E-state index is 0.274. The van der Waals surface area contributed by atoms with Crippen molar-refractivity contribution >= 4 is 17.2 Å². The van der Waals surface area contributed by atoms with Crippen molar-refractivity contribution in [2.45, 2.75) is 25.7 Å². The number of piperidine rings is 1. The van der Waals surface area contributed by atoms with Gasteiger partial charge in [-0.2, -0.15) is 0 Å². The Kier molecular flexibility index (Phi) is 4.71. The molecular weight excluding hydrogens is 278 g/mol. The molecule has 110 valence electrons. The summed E-state index contributed by atoms with van der Waals surface area (Å²) in [5.74, 6) is 1.01. The Morgan fingerprint density at radius 3 is 2.52 bits per heavy atom. The number of hydrogen-bond acceptors (Lipinski definition) is 2. The summed E-state index contributed by atoms with van der Waals surface area (Å²) < 4.78 is 0. The van der Waals surface area contributed by atoms with Gasteiger partial charge < -0.3 is 4.90 Å². The van der Waals surface area contributed by atoms with Crippen LogP contribution in [-0.2, 0) is 17.6 Å². The highest BCUT2D eigenvalue weighted by atomic mass is 32.1. The molecule has 21 heavy (non-hydrogen) atoms. The van der Waals surface area contributed by atoms with Crippen LogP contribution in [0.15, 0.2) is 47.8 Å². The second-order valence-electron chi connectivity index (χ2n) is 5.77. The normalized spacial score (nSPS) is 16.1. The molecule has 2 nitrogen and oxygen atoms in total. The molecule has 1 aliphatic heterocycles.